The van der Waals surface area contributed by atoms with Crippen LogP contribution in [0.2, 0.25) is 0 Å². The van der Waals surface area contributed by atoms with Crippen LogP contribution in [-0.4, -0.2) is 40.0 Å². The molecule has 1 unspecified atom stereocenters. The van der Waals surface area contributed by atoms with Crippen molar-refractivity contribution < 1.29 is 4.79 Å². The Bertz CT molecular complexity index is 941. The van der Waals surface area contributed by atoms with E-state index < -0.39 is 0 Å². The fourth-order valence-corrected chi connectivity index (χ4v) is 3.23. The molecule has 1 heterocycles. The highest BCUT2D eigenvalue weighted by atomic mass is 35.5. The highest BCUT2D eigenvalue weighted by Crippen LogP contribution is 2.22. The Labute approximate surface area is 185 Å². The minimum absolute atomic E-state index is 0. The van der Waals surface area contributed by atoms with Gasteiger partial charge in [-0.3, -0.25) is 9.36 Å². The third-order valence-electron chi connectivity index (χ3n) is 5.08. The fourth-order valence-electron chi connectivity index (χ4n) is 3.23. The van der Waals surface area contributed by atoms with Crippen molar-refractivity contribution in [3.63, 3.8) is 0 Å². The molecule has 0 fully saturated rings. The van der Waals surface area contributed by atoms with Gasteiger partial charge in [0.15, 0.2) is 0 Å². The van der Waals surface area contributed by atoms with Crippen LogP contribution in [0.15, 0.2) is 48.5 Å². The summed E-state index contributed by atoms with van der Waals surface area (Å²) in [6, 6.07) is 16.0. The van der Waals surface area contributed by atoms with E-state index in [2.05, 4.69) is 35.5 Å². The van der Waals surface area contributed by atoms with Crippen LogP contribution in [0.3, 0.4) is 0 Å². The van der Waals surface area contributed by atoms with Crippen LogP contribution < -0.4 is 5.73 Å². The number of fused-ring (bicyclic) bond motifs is 1. The van der Waals surface area contributed by atoms with Gasteiger partial charge in [-0.1, -0.05) is 32.0 Å². The summed E-state index contributed by atoms with van der Waals surface area (Å²) >= 11 is 0. The summed E-state index contributed by atoms with van der Waals surface area (Å²) in [5, 5.41) is 0. The number of para-hydroxylation sites is 1. The van der Waals surface area contributed by atoms with E-state index in [9.17, 15) is 4.79 Å². The van der Waals surface area contributed by atoms with Crippen LogP contribution in [0.4, 0.5) is 0 Å². The van der Waals surface area contributed by atoms with Crippen molar-refractivity contribution >= 4 is 41.8 Å². The van der Waals surface area contributed by atoms with Gasteiger partial charge in [-0.15, -0.1) is 24.8 Å². The molecule has 0 saturated carbocycles. The first kappa shape index (κ1) is 25.0. The Morgan fingerprint density at radius 3 is 2.41 bits per heavy atom. The van der Waals surface area contributed by atoms with Crippen molar-refractivity contribution in [2.24, 2.45) is 11.7 Å². The molecular formula is C22H30Cl2N4O. The van der Waals surface area contributed by atoms with Gasteiger partial charge in [0.2, 0.25) is 0 Å². The molecule has 29 heavy (non-hydrogen) atoms. The second kappa shape index (κ2) is 10.6. The van der Waals surface area contributed by atoms with Crippen LogP contribution in [0.5, 0.6) is 0 Å². The van der Waals surface area contributed by atoms with Gasteiger partial charge in [-0.25, -0.2) is 4.98 Å². The van der Waals surface area contributed by atoms with Crippen molar-refractivity contribution in [2.45, 2.75) is 33.2 Å². The number of carbonyl (C=O) groups is 1. The molecule has 1 atom stereocenters. The average Bonchev–Trinajstić information content (AvgIpc) is 3.00. The first-order valence-corrected chi connectivity index (χ1v) is 9.44. The lowest BCUT2D eigenvalue weighted by Crippen LogP contribution is -2.34. The molecule has 1 amide bonds. The molecule has 0 saturated heterocycles. The van der Waals surface area contributed by atoms with Gasteiger partial charge in [0, 0.05) is 30.9 Å². The summed E-state index contributed by atoms with van der Waals surface area (Å²) in [6.07, 6.45) is 0.796. The number of aromatic nitrogens is 2. The van der Waals surface area contributed by atoms with Crippen molar-refractivity contribution in [2.75, 3.05) is 13.6 Å². The van der Waals surface area contributed by atoms with Crippen molar-refractivity contribution in [1.29, 1.82) is 0 Å². The third-order valence-corrected chi connectivity index (χ3v) is 5.08. The highest BCUT2D eigenvalue weighted by Gasteiger charge is 2.17. The van der Waals surface area contributed by atoms with Crippen molar-refractivity contribution in [3.8, 4) is 5.69 Å². The Kier molecular flexibility index (Phi) is 9.14. The van der Waals surface area contributed by atoms with Gasteiger partial charge >= 0.3 is 0 Å². The standard InChI is InChI=1S/C22H28N4O.2ClH/c1-15(2)19(23)12-13-25(4)22(27)17-10-11-21-20(14-17)24-16(3)26(21)18-8-6-5-7-9-18;;/h5-11,14-15,19H,12-13,23H2,1-4H3;2*1H. The molecular weight excluding hydrogens is 407 g/mol. The van der Waals surface area contributed by atoms with E-state index in [1.807, 2.05) is 50.4 Å². The van der Waals surface area contributed by atoms with Gasteiger partial charge in [0.25, 0.3) is 5.91 Å². The molecule has 0 radical (unpaired) electrons. The predicted molar refractivity (Wildman–Crippen MR) is 125 cm³/mol. The first-order chi connectivity index (χ1) is 12.9. The highest BCUT2D eigenvalue weighted by molar-refractivity contribution is 5.97. The zero-order valence-corrected chi connectivity index (χ0v) is 19.0. The zero-order valence-electron chi connectivity index (χ0n) is 17.3. The molecule has 5 nitrogen and oxygen atoms in total. The van der Waals surface area contributed by atoms with Crippen molar-refractivity contribution in [1.82, 2.24) is 14.5 Å². The van der Waals surface area contributed by atoms with Gasteiger partial charge in [0.1, 0.15) is 5.82 Å². The van der Waals surface area contributed by atoms with Crippen molar-refractivity contribution in [3.05, 3.63) is 59.9 Å². The number of aryl methyl sites for hydroxylation is 1. The van der Waals surface area contributed by atoms with Gasteiger partial charge in [-0.05, 0) is 49.6 Å². The second-order valence-corrected chi connectivity index (χ2v) is 7.46. The molecule has 0 aliphatic rings. The molecule has 3 rings (SSSR count). The van der Waals surface area contributed by atoms with E-state index in [0.29, 0.717) is 18.0 Å². The molecule has 0 aliphatic heterocycles. The number of halogens is 2. The summed E-state index contributed by atoms with van der Waals surface area (Å²) < 4.78 is 2.11. The minimum Gasteiger partial charge on any atom is -0.342 e. The number of imidazole rings is 1. The largest absolute Gasteiger partial charge is 0.342 e. The Hall–Kier alpha value is -2.08. The number of rotatable bonds is 6. The maximum absolute atomic E-state index is 12.8. The summed E-state index contributed by atoms with van der Waals surface area (Å²) in [7, 11) is 1.83. The monoisotopic (exact) mass is 436 g/mol. The molecule has 2 N–H and O–H groups in total. The third kappa shape index (κ3) is 5.50. The molecule has 0 aliphatic carbocycles. The van der Waals surface area contributed by atoms with E-state index in [4.69, 9.17) is 5.73 Å². The number of hydrogen-bond donors (Lipinski definition) is 1. The molecule has 158 valence electrons. The van der Waals surface area contributed by atoms with E-state index in [1.165, 1.54) is 0 Å². The predicted octanol–water partition coefficient (Wildman–Crippen LogP) is 4.62. The number of nitrogens with zero attached hydrogens (tertiary/aromatic N) is 3. The summed E-state index contributed by atoms with van der Waals surface area (Å²) in [4.78, 5) is 19.2. The molecule has 0 spiro atoms. The number of nitrogens with two attached hydrogens (primary N) is 1. The lowest BCUT2D eigenvalue weighted by atomic mass is 10.0. The summed E-state index contributed by atoms with van der Waals surface area (Å²) in [5.74, 6) is 1.31. The molecule has 1 aromatic heterocycles. The van der Waals surface area contributed by atoms with Gasteiger partial charge in [-0.2, -0.15) is 0 Å². The first-order valence-electron chi connectivity index (χ1n) is 9.44. The Balaban J connectivity index is 0.00000210. The summed E-state index contributed by atoms with van der Waals surface area (Å²) in [6.45, 7) is 6.83. The molecule has 7 heteroatoms. The normalized spacial score (nSPS) is 11.7. The maximum atomic E-state index is 12.8. The van der Waals surface area contributed by atoms with Gasteiger partial charge in [0.05, 0.1) is 11.0 Å². The maximum Gasteiger partial charge on any atom is 0.253 e. The Morgan fingerprint density at radius 1 is 1.14 bits per heavy atom. The number of benzene rings is 2. The Morgan fingerprint density at radius 2 is 1.79 bits per heavy atom. The average molecular weight is 437 g/mol. The lowest BCUT2D eigenvalue weighted by Gasteiger charge is -2.21. The van der Waals surface area contributed by atoms with Crippen LogP contribution >= 0.6 is 24.8 Å². The topological polar surface area (TPSA) is 64.2 Å². The zero-order chi connectivity index (χ0) is 19.6. The lowest BCUT2D eigenvalue weighted by molar-refractivity contribution is 0.0789. The van der Waals surface area contributed by atoms with Crippen LogP contribution in [0.25, 0.3) is 16.7 Å². The smallest absolute Gasteiger partial charge is 0.253 e. The van der Waals surface area contributed by atoms with E-state index in [-0.39, 0.29) is 36.8 Å². The van der Waals surface area contributed by atoms with Gasteiger partial charge < -0.3 is 10.6 Å². The summed E-state index contributed by atoms with van der Waals surface area (Å²) in [5.41, 5.74) is 9.65. The number of carbonyl (C=O) groups excluding carboxylic acids is 1. The number of hydrogen-bond acceptors (Lipinski definition) is 3. The van der Waals surface area contributed by atoms with Crippen LogP contribution in [0.1, 0.15) is 36.5 Å². The second-order valence-electron chi connectivity index (χ2n) is 7.46. The quantitative estimate of drug-likeness (QED) is 0.612. The van der Waals surface area contributed by atoms with E-state index in [0.717, 1.165) is 29.0 Å². The SMILES string of the molecule is Cc1nc2cc(C(=O)N(C)CCC(N)C(C)C)ccc2n1-c1ccccc1.Cl.Cl. The molecule has 3 aromatic rings. The van der Waals surface area contributed by atoms with Crippen LogP contribution in [-0.2, 0) is 0 Å². The molecule has 2 aromatic carbocycles. The molecule has 0 bridgehead atoms. The number of amides is 1. The van der Waals surface area contributed by atoms with E-state index in [1.54, 1.807) is 4.90 Å². The minimum atomic E-state index is -0.000213. The fraction of sp³-hybridized carbons (Fsp3) is 0.364. The van der Waals surface area contributed by atoms with E-state index >= 15 is 0 Å². The van der Waals surface area contributed by atoms with Crippen LogP contribution in [0, 0.1) is 12.8 Å².